The smallest absolute Gasteiger partial charge is 0.325 e. The van der Waals surface area contributed by atoms with Gasteiger partial charge in [-0.1, -0.05) is 45.0 Å². The SMILES string of the molecule is COC(=O)CN1C(=O)CN=C(c2ccc(C(C)(C)C)cc2)c2c1sc(C)c2C. The highest BCUT2D eigenvalue weighted by atomic mass is 32.1. The molecule has 1 amide bonds. The Morgan fingerprint density at radius 3 is 2.43 bits per heavy atom. The molecule has 148 valence electrons. The van der Waals surface area contributed by atoms with Crippen molar-refractivity contribution in [1.82, 2.24) is 0 Å². The number of methoxy groups -OCH3 is 1. The van der Waals surface area contributed by atoms with E-state index in [2.05, 4.69) is 50.0 Å². The molecule has 0 aliphatic carbocycles. The molecule has 2 heterocycles. The highest BCUT2D eigenvalue weighted by Crippen LogP contribution is 2.39. The van der Waals surface area contributed by atoms with Crippen molar-refractivity contribution in [2.75, 3.05) is 25.1 Å². The van der Waals surface area contributed by atoms with Crippen molar-refractivity contribution in [1.29, 1.82) is 0 Å². The molecule has 3 rings (SSSR count). The van der Waals surface area contributed by atoms with Crippen LogP contribution in [0.5, 0.6) is 0 Å². The first-order valence-corrected chi connectivity index (χ1v) is 10.1. The molecule has 0 atom stereocenters. The first kappa shape index (κ1) is 20.3. The molecule has 0 fully saturated rings. The highest BCUT2D eigenvalue weighted by Gasteiger charge is 2.31. The Bertz CT molecular complexity index is 949. The van der Waals surface area contributed by atoms with E-state index in [4.69, 9.17) is 4.74 Å². The fraction of sp³-hybridized carbons (Fsp3) is 0.409. The van der Waals surface area contributed by atoms with Gasteiger partial charge in [-0.3, -0.25) is 19.5 Å². The predicted molar refractivity (Wildman–Crippen MR) is 114 cm³/mol. The fourth-order valence-electron chi connectivity index (χ4n) is 3.22. The summed E-state index contributed by atoms with van der Waals surface area (Å²) in [4.78, 5) is 31.9. The van der Waals surface area contributed by atoms with Gasteiger partial charge in [0.1, 0.15) is 18.1 Å². The summed E-state index contributed by atoms with van der Waals surface area (Å²) in [5.74, 6) is -0.643. The van der Waals surface area contributed by atoms with Gasteiger partial charge in [-0.2, -0.15) is 0 Å². The van der Waals surface area contributed by atoms with E-state index in [1.54, 1.807) is 0 Å². The monoisotopic (exact) mass is 398 g/mol. The number of aliphatic imine (C=N–C) groups is 1. The molecule has 0 bridgehead atoms. The van der Waals surface area contributed by atoms with E-state index in [-0.39, 0.29) is 24.4 Å². The van der Waals surface area contributed by atoms with Crippen LogP contribution in [-0.2, 0) is 19.7 Å². The fourth-order valence-corrected chi connectivity index (χ4v) is 4.39. The number of nitrogens with zero attached hydrogens (tertiary/aromatic N) is 2. The number of ether oxygens (including phenoxy) is 1. The maximum atomic E-state index is 12.7. The molecule has 1 aromatic carbocycles. The van der Waals surface area contributed by atoms with Crippen LogP contribution in [0.15, 0.2) is 29.3 Å². The largest absolute Gasteiger partial charge is 0.468 e. The Labute approximate surface area is 170 Å². The zero-order valence-corrected chi connectivity index (χ0v) is 18.1. The van der Waals surface area contributed by atoms with E-state index < -0.39 is 5.97 Å². The molecule has 0 unspecified atom stereocenters. The third-order valence-electron chi connectivity index (χ3n) is 5.06. The molecule has 1 aliphatic rings. The third kappa shape index (κ3) is 3.74. The zero-order chi connectivity index (χ0) is 20.6. The lowest BCUT2D eigenvalue weighted by molar-refractivity contribution is -0.139. The molecule has 0 spiro atoms. The van der Waals surface area contributed by atoms with Crippen molar-refractivity contribution >= 4 is 33.9 Å². The number of amides is 1. The average molecular weight is 399 g/mol. The summed E-state index contributed by atoms with van der Waals surface area (Å²) in [5.41, 5.74) is 5.11. The Hall–Kier alpha value is -2.47. The molecule has 0 N–H and O–H groups in total. The number of anilines is 1. The van der Waals surface area contributed by atoms with Crippen LogP contribution in [0.2, 0.25) is 0 Å². The Morgan fingerprint density at radius 2 is 1.86 bits per heavy atom. The summed E-state index contributed by atoms with van der Waals surface area (Å²) >= 11 is 1.52. The molecule has 28 heavy (non-hydrogen) atoms. The third-order valence-corrected chi connectivity index (χ3v) is 6.29. The van der Waals surface area contributed by atoms with E-state index in [1.165, 1.54) is 28.9 Å². The number of benzene rings is 1. The van der Waals surface area contributed by atoms with E-state index in [9.17, 15) is 9.59 Å². The lowest BCUT2D eigenvalue weighted by Crippen LogP contribution is -2.37. The molecule has 1 aliphatic heterocycles. The van der Waals surface area contributed by atoms with Gasteiger partial charge in [0, 0.05) is 16.0 Å². The van der Waals surface area contributed by atoms with Crippen LogP contribution in [0, 0.1) is 13.8 Å². The number of esters is 1. The number of thiophene rings is 1. The van der Waals surface area contributed by atoms with Crippen molar-refractivity contribution in [3.63, 3.8) is 0 Å². The Morgan fingerprint density at radius 1 is 1.21 bits per heavy atom. The molecule has 5 nitrogen and oxygen atoms in total. The van der Waals surface area contributed by atoms with Crippen molar-refractivity contribution in [2.45, 2.75) is 40.0 Å². The maximum absolute atomic E-state index is 12.7. The van der Waals surface area contributed by atoms with Gasteiger partial charge in [-0.15, -0.1) is 11.3 Å². The van der Waals surface area contributed by atoms with E-state index in [1.807, 2.05) is 13.8 Å². The van der Waals surface area contributed by atoms with Crippen LogP contribution in [0.3, 0.4) is 0 Å². The summed E-state index contributed by atoms with van der Waals surface area (Å²) in [6.07, 6.45) is 0. The molecule has 1 aromatic heterocycles. The summed E-state index contributed by atoms with van der Waals surface area (Å²) in [7, 11) is 1.33. The highest BCUT2D eigenvalue weighted by molar-refractivity contribution is 7.17. The molecule has 0 saturated carbocycles. The number of hydrogen-bond donors (Lipinski definition) is 0. The Balaban J connectivity index is 2.11. The summed E-state index contributed by atoms with van der Waals surface area (Å²) in [6, 6.07) is 8.36. The standard InChI is InChI=1S/C22H26N2O3S/c1-13-14(2)28-21-19(13)20(15-7-9-16(10-8-15)22(3,4)5)23-11-17(25)24(21)12-18(26)27-6/h7-10H,11-12H2,1-6H3. The zero-order valence-electron chi connectivity index (χ0n) is 17.3. The number of hydrogen-bond acceptors (Lipinski definition) is 5. The molecule has 0 radical (unpaired) electrons. The average Bonchev–Trinajstić information content (AvgIpc) is 2.86. The van der Waals surface area contributed by atoms with Gasteiger partial charge in [0.05, 0.1) is 12.8 Å². The lowest BCUT2D eigenvalue weighted by atomic mass is 9.86. The van der Waals surface area contributed by atoms with Gasteiger partial charge < -0.3 is 4.74 Å². The van der Waals surface area contributed by atoms with Crippen LogP contribution in [0.25, 0.3) is 0 Å². The molecular weight excluding hydrogens is 372 g/mol. The van der Waals surface area contributed by atoms with Gasteiger partial charge in [0.25, 0.3) is 0 Å². The minimum absolute atomic E-state index is 0.00718. The van der Waals surface area contributed by atoms with Gasteiger partial charge >= 0.3 is 5.97 Å². The van der Waals surface area contributed by atoms with Gasteiger partial charge in [-0.25, -0.2) is 0 Å². The minimum atomic E-state index is -0.444. The summed E-state index contributed by atoms with van der Waals surface area (Å²) < 4.78 is 4.79. The summed E-state index contributed by atoms with van der Waals surface area (Å²) in [5, 5.41) is 0.765. The predicted octanol–water partition coefficient (Wildman–Crippen LogP) is 4.02. The quantitative estimate of drug-likeness (QED) is 0.734. The van der Waals surface area contributed by atoms with Crippen LogP contribution in [0.1, 0.15) is 47.9 Å². The van der Waals surface area contributed by atoms with Crippen molar-refractivity contribution in [2.24, 2.45) is 4.99 Å². The second-order valence-electron chi connectivity index (χ2n) is 8.01. The van der Waals surface area contributed by atoms with E-state index in [0.29, 0.717) is 0 Å². The topological polar surface area (TPSA) is 59.0 Å². The van der Waals surface area contributed by atoms with E-state index in [0.717, 1.165) is 32.3 Å². The number of fused-ring (bicyclic) bond motifs is 1. The molecule has 0 saturated heterocycles. The second-order valence-corrected chi connectivity index (χ2v) is 9.21. The van der Waals surface area contributed by atoms with E-state index >= 15 is 0 Å². The summed E-state index contributed by atoms with van der Waals surface area (Å²) in [6.45, 7) is 10.5. The van der Waals surface area contributed by atoms with Crippen LogP contribution in [0.4, 0.5) is 5.00 Å². The van der Waals surface area contributed by atoms with Crippen molar-refractivity contribution in [3.8, 4) is 0 Å². The first-order valence-electron chi connectivity index (χ1n) is 9.26. The molecule has 6 heteroatoms. The van der Waals surface area contributed by atoms with Crippen LogP contribution >= 0.6 is 11.3 Å². The van der Waals surface area contributed by atoms with Gasteiger partial charge in [-0.05, 0) is 30.4 Å². The minimum Gasteiger partial charge on any atom is -0.468 e. The van der Waals surface area contributed by atoms with Crippen LogP contribution < -0.4 is 4.90 Å². The number of aryl methyl sites for hydroxylation is 1. The maximum Gasteiger partial charge on any atom is 0.325 e. The normalized spacial score (nSPS) is 14.4. The first-order chi connectivity index (χ1) is 13.1. The van der Waals surface area contributed by atoms with Crippen molar-refractivity contribution < 1.29 is 14.3 Å². The van der Waals surface area contributed by atoms with Gasteiger partial charge in [0.15, 0.2) is 0 Å². The van der Waals surface area contributed by atoms with Crippen LogP contribution in [-0.4, -0.2) is 37.8 Å². The second kappa shape index (κ2) is 7.51. The lowest BCUT2D eigenvalue weighted by Gasteiger charge is -2.20. The Kier molecular flexibility index (Phi) is 5.44. The number of carbonyl (C=O) groups excluding carboxylic acids is 2. The van der Waals surface area contributed by atoms with Gasteiger partial charge in [0.2, 0.25) is 5.91 Å². The molecular formula is C22H26N2O3S. The number of rotatable bonds is 3. The molecule has 2 aromatic rings. The number of carbonyl (C=O) groups is 2. The van der Waals surface area contributed by atoms with Crippen molar-refractivity contribution in [3.05, 3.63) is 51.4 Å².